The molecule has 18 heavy (non-hydrogen) atoms. The standard InChI is InChI=1S/C15H20N2O/c1-15(2,3)16-9-8-14(18)13-10-11-6-4-5-7-12(11)17-13/h4-7,10,16-17H,8-9H2,1-3H3. The number of nitrogens with one attached hydrogen (secondary N) is 2. The first-order valence-corrected chi connectivity index (χ1v) is 6.32. The Morgan fingerprint density at radius 2 is 2.00 bits per heavy atom. The van der Waals surface area contributed by atoms with Crippen molar-refractivity contribution in [3.05, 3.63) is 36.0 Å². The number of ketones is 1. The second-order valence-corrected chi connectivity index (χ2v) is 5.62. The molecule has 1 aromatic heterocycles. The number of fused-ring (bicyclic) bond motifs is 1. The van der Waals surface area contributed by atoms with Crippen molar-refractivity contribution in [3.63, 3.8) is 0 Å². The van der Waals surface area contributed by atoms with Crippen LogP contribution in [0.2, 0.25) is 0 Å². The topological polar surface area (TPSA) is 44.9 Å². The predicted octanol–water partition coefficient (Wildman–Crippen LogP) is 3.13. The summed E-state index contributed by atoms with van der Waals surface area (Å²) >= 11 is 0. The minimum Gasteiger partial charge on any atom is -0.352 e. The van der Waals surface area contributed by atoms with Gasteiger partial charge in [0, 0.05) is 29.4 Å². The molecule has 0 saturated heterocycles. The summed E-state index contributed by atoms with van der Waals surface area (Å²) in [7, 11) is 0. The highest BCUT2D eigenvalue weighted by atomic mass is 16.1. The summed E-state index contributed by atoms with van der Waals surface area (Å²) in [4.78, 5) is 15.2. The zero-order valence-corrected chi connectivity index (χ0v) is 11.2. The monoisotopic (exact) mass is 244 g/mol. The number of H-pyrrole nitrogens is 1. The molecule has 3 heteroatoms. The Morgan fingerprint density at radius 1 is 1.28 bits per heavy atom. The Labute approximate surface area is 108 Å². The SMILES string of the molecule is CC(C)(C)NCCC(=O)c1cc2ccccc2[nH]1. The van der Waals surface area contributed by atoms with E-state index in [-0.39, 0.29) is 11.3 Å². The lowest BCUT2D eigenvalue weighted by Crippen LogP contribution is -2.37. The summed E-state index contributed by atoms with van der Waals surface area (Å²) in [6, 6.07) is 9.87. The van der Waals surface area contributed by atoms with Crippen LogP contribution in [0.1, 0.15) is 37.7 Å². The van der Waals surface area contributed by atoms with Gasteiger partial charge in [0.2, 0.25) is 0 Å². The number of para-hydroxylation sites is 1. The molecular formula is C15H20N2O. The van der Waals surface area contributed by atoms with E-state index in [1.165, 1.54) is 0 Å². The van der Waals surface area contributed by atoms with Gasteiger partial charge in [-0.3, -0.25) is 4.79 Å². The van der Waals surface area contributed by atoms with Crippen molar-refractivity contribution >= 4 is 16.7 Å². The highest BCUT2D eigenvalue weighted by molar-refractivity contribution is 5.99. The van der Waals surface area contributed by atoms with Gasteiger partial charge < -0.3 is 10.3 Å². The molecule has 0 atom stereocenters. The van der Waals surface area contributed by atoms with E-state index in [1.54, 1.807) is 0 Å². The van der Waals surface area contributed by atoms with Gasteiger partial charge in [-0.2, -0.15) is 0 Å². The van der Waals surface area contributed by atoms with Crippen LogP contribution in [-0.4, -0.2) is 22.9 Å². The molecule has 0 fully saturated rings. The van der Waals surface area contributed by atoms with Crippen LogP contribution in [0, 0.1) is 0 Å². The van der Waals surface area contributed by atoms with E-state index in [0.717, 1.165) is 10.9 Å². The van der Waals surface area contributed by atoms with Crippen LogP contribution in [0.4, 0.5) is 0 Å². The molecule has 2 aromatic rings. The summed E-state index contributed by atoms with van der Waals surface area (Å²) in [5, 5.41) is 4.41. The number of benzene rings is 1. The first-order chi connectivity index (χ1) is 8.46. The molecule has 0 aliphatic heterocycles. The van der Waals surface area contributed by atoms with E-state index in [1.807, 2.05) is 30.3 Å². The normalized spacial score (nSPS) is 11.9. The van der Waals surface area contributed by atoms with Crippen molar-refractivity contribution in [2.75, 3.05) is 6.54 Å². The molecule has 0 bridgehead atoms. The van der Waals surface area contributed by atoms with E-state index in [4.69, 9.17) is 0 Å². The van der Waals surface area contributed by atoms with Crippen molar-refractivity contribution in [2.45, 2.75) is 32.7 Å². The van der Waals surface area contributed by atoms with Crippen molar-refractivity contribution in [1.29, 1.82) is 0 Å². The summed E-state index contributed by atoms with van der Waals surface area (Å²) in [6.45, 7) is 7.00. The molecule has 0 unspecified atom stereocenters. The maximum atomic E-state index is 12.0. The van der Waals surface area contributed by atoms with Gasteiger partial charge in [-0.15, -0.1) is 0 Å². The highest BCUT2D eigenvalue weighted by Crippen LogP contribution is 2.15. The molecule has 0 aliphatic rings. The molecule has 2 N–H and O–H groups in total. The number of rotatable bonds is 4. The van der Waals surface area contributed by atoms with Crippen molar-refractivity contribution in [3.8, 4) is 0 Å². The number of aromatic amines is 1. The second kappa shape index (κ2) is 4.94. The zero-order valence-electron chi connectivity index (χ0n) is 11.2. The van der Waals surface area contributed by atoms with E-state index in [2.05, 4.69) is 31.1 Å². The first-order valence-electron chi connectivity index (χ1n) is 6.32. The molecule has 0 saturated carbocycles. The maximum Gasteiger partial charge on any atom is 0.180 e. The van der Waals surface area contributed by atoms with Gasteiger partial charge in [-0.1, -0.05) is 18.2 Å². The summed E-state index contributed by atoms with van der Waals surface area (Å²) in [5.74, 6) is 0.156. The number of aromatic nitrogens is 1. The van der Waals surface area contributed by atoms with Gasteiger partial charge in [-0.05, 0) is 32.9 Å². The van der Waals surface area contributed by atoms with Crippen molar-refractivity contribution < 1.29 is 4.79 Å². The third-order valence-corrected chi connectivity index (χ3v) is 2.84. The van der Waals surface area contributed by atoms with Gasteiger partial charge >= 0.3 is 0 Å². The van der Waals surface area contributed by atoms with Crippen molar-refractivity contribution in [2.24, 2.45) is 0 Å². The van der Waals surface area contributed by atoms with E-state index in [0.29, 0.717) is 18.7 Å². The van der Waals surface area contributed by atoms with E-state index >= 15 is 0 Å². The van der Waals surface area contributed by atoms with Gasteiger partial charge in [-0.25, -0.2) is 0 Å². The number of Topliss-reactive ketones (excluding diaryl/α,β-unsaturated/α-hetero) is 1. The van der Waals surface area contributed by atoms with E-state index in [9.17, 15) is 4.79 Å². The van der Waals surface area contributed by atoms with Gasteiger partial charge in [0.05, 0.1) is 5.69 Å². The molecule has 0 spiro atoms. The third-order valence-electron chi connectivity index (χ3n) is 2.84. The fraction of sp³-hybridized carbons (Fsp3) is 0.400. The fourth-order valence-electron chi connectivity index (χ4n) is 1.91. The largest absolute Gasteiger partial charge is 0.352 e. The lowest BCUT2D eigenvalue weighted by Gasteiger charge is -2.19. The molecule has 3 nitrogen and oxygen atoms in total. The molecule has 0 amide bonds. The van der Waals surface area contributed by atoms with Crippen LogP contribution in [0.5, 0.6) is 0 Å². The molecule has 1 heterocycles. The average molecular weight is 244 g/mol. The Balaban J connectivity index is 2.01. The van der Waals surface area contributed by atoms with E-state index < -0.39 is 0 Å². The lowest BCUT2D eigenvalue weighted by atomic mass is 10.1. The highest BCUT2D eigenvalue weighted by Gasteiger charge is 2.12. The van der Waals surface area contributed by atoms with Crippen LogP contribution in [-0.2, 0) is 0 Å². The smallest absolute Gasteiger partial charge is 0.180 e. The van der Waals surface area contributed by atoms with Crippen molar-refractivity contribution in [1.82, 2.24) is 10.3 Å². The van der Waals surface area contributed by atoms with Crippen LogP contribution in [0.25, 0.3) is 10.9 Å². The molecule has 96 valence electrons. The Morgan fingerprint density at radius 3 is 2.67 bits per heavy atom. The van der Waals surface area contributed by atoms with Crippen LogP contribution in [0.3, 0.4) is 0 Å². The second-order valence-electron chi connectivity index (χ2n) is 5.62. The zero-order chi connectivity index (χ0) is 13.2. The maximum absolute atomic E-state index is 12.0. The molecule has 1 aromatic carbocycles. The van der Waals surface area contributed by atoms with Gasteiger partial charge in [0.15, 0.2) is 5.78 Å². The third kappa shape index (κ3) is 3.20. The minimum atomic E-state index is 0.0563. The van der Waals surface area contributed by atoms with Crippen LogP contribution in [0.15, 0.2) is 30.3 Å². The van der Waals surface area contributed by atoms with Crippen LogP contribution < -0.4 is 5.32 Å². The molecular weight excluding hydrogens is 224 g/mol. The van der Waals surface area contributed by atoms with Gasteiger partial charge in [0.1, 0.15) is 0 Å². The Hall–Kier alpha value is -1.61. The summed E-state index contributed by atoms with van der Waals surface area (Å²) < 4.78 is 0. The molecule has 0 radical (unpaired) electrons. The number of hydrogen-bond donors (Lipinski definition) is 2. The lowest BCUT2D eigenvalue weighted by molar-refractivity contribution is 0.0976. The van der Waals surface area contributed by atoms with Crippen LogP contribution >= 0.6 is 0 Å². The first kappa shape index (κ1) is 12.8. The minimum absolute atomic E-state index is 0.0563. The summed E-state index contributed by atoms with van der Waals surface area (Å²) in [6.07, 6.45) is 0.518. The summed E-state index contributed by atoms with van der Waals surface area (Å²) in [5.41, 5.74) is 1.78. The quantitative estimate of drug-likeness (QED) is 0.812. The number of hydrogen-bond acceptors (Lipinski definition) is 2. The average Bonchev–Trinajstić information content (AvgIpc) is 2.70. The fourth-order valence-corrected chi connectivity index (χ4v) is 1.91. The Kier molecular flexibility index (Phi) is 3.53. The molecule has 0 aliphatic carbocycles. The number of carbonyl (C=O) groups is 1. The number of carbonyl (C=O) groups excluding carboxylic acids is 1. The predicted molar refractivity (Wildman–Crippen MR) is 75.0 cm³/mol. The Bertz CT molecular complexity index is 516. The molecule has 2 rings (SSSR count). The van der Waals surface area contributed by atoms with Gasteiger partial charge in [0.25, 0.3) is 0 Å².